The van der Waals surface area contributed by atoms with Crippen LogP contribution in [0, 0.1) is 0 Å². The summed E-state index contributed by atoms with van der Waals surface area (Å²) < 4.78 is 78.8. The van der Waals surface area contributed by atoms with Gasteiger partial charge in [-0.25, -0.2) is 4.98 Å². The summed E-state index contributed by atoms with van der Waals surface area (Å²) in [6.45, 7) is 2.23. The van der Waals surface area contributed by atoms with E-state index in [2.05, 4.69) is 25.6 Å². The van der Waals surface area contributed by atoms with Gasteiger partial charge in [-0.15, -0.1) is 0 Å². The molecule has 0 fully saturated rings. The average molecular weight is 427 g/mol. The van der Waals surface area contributed by atoms with Crippen molar-refractivity contribution in [2.24, 2.45) is 0 Å². The lowest BCUT2D eigenvalue weighted by molar-refractivity contribution is -0.142. The highest BCUT2D eigenvalue weighted by molar-refractivity contribution is 5.68. The van der Waals surface area contributed by atoms with Gasteiger partial charge in [-0.05, 0) is 37.3 Å². The van der Waals surface area contributed by atoms with E-state index in [1.807, 2.05) is 0 Å². The number of pyridine rings is 1. The Morgan fingerprint density at radius 2 is 1.70 bits per heavy atom. The Morgan fingerprint density at radius 1 is 0.933 bits per heavy atom. The number of nitrogens with zero attached hydrogens (tertiary/aromatic N) is 3. The highest BCUT2D eigenvalue weighted by Gasteiger charge is 2.38. The monoisotopic (exact) mass is 427 g/mol. The molecule has 158 valence electrons. The van der Waals surface area contributed by atoms with E-state index in [4.69, 9.17) is 0 Å². The van der Waals surface area contributed by atoms with Crippen LogP contribution in [0.25, 0.3) is 11.3 Å². The Bertz CT molecular complexity index is 1020. The largest absolute Gasteiger partial charge is 0.418 e. The lowest BCUT2D eigenvalue weighted by Crippen LogP contribution is -2.13. The molecular weight excluding hydrogens is 412 g/mol. The summed E-state index contributed by atoms with van der Waals surface area (Å²) in [5.74, 6) is 0.117. The fourth-order valence-corrected chi connectivity index (χ4v) is 2.61. The van der Waals surface area contributed by atoms with Gasteiger partial charge >= 0.3 is 12.4 Å². The van der Waals surface area contributed by atoms with Crippen molar-refractivity contribution in [2.75, 3.05) is 17.2 Å². The Morgan fingerprint density at radius 3 is 2.30 bits per heavy atom. The number of hydrogen-bond acceptors (Lipinski definition) is 5. The van der Waals surface area contributed by atoms with Crippen molar-refractivity contribution in [1.82, 2.24) is 15.0 Å². The number of rotatable bonds is 5. The molecule has 30 heavy (non-hydrogen) atoms. The summed E-state index contributed by atoms with van der Waals surface area (Å²) in [4.78, 5) is 12.3. The first-order valence-electron chi connectivity index (χ1n) is 8.66. The summed E-state index contributed by atoms with van der Waals surface area (Å²) in [6, 6.07) is 6.12. The fourth-order valence-electron chi connectivity index (χ4n) is 2.61. The molecule has 0 aliphatic rings. The van der Waals surface area contributed by atoms with Crippen LogP contribution in [-0.2, 0) is 12.4 Å². The zero-order chi connectivity index (χ0) is 21.9. The van der Waals surface area contributed by atoms with E-state index in [-0.39, 0.29) is 17.8 Å². The SMILES string of the molecule is CCNc1nc(Nc2ccc(C(F)(F)F)cc2C(F)(F)F)cc(-c2cccnc2)n1. The first-order chi connectivity index (χ1) is 14.1. The van der Waals surface area contributed by atoms with Crippen molar-refractivity contribution in [3.05, 3.63) is 59.9 Å². The minimum atomic E-state index is -5.01. The summed E-state index contributed by atoms with van der Waals surface area (Å²) in [7, 11) is 0. The molecule has 3 aromatic rings. The molecule has 3 rings (SSSR count). The zero-order valence-electron chi connectivity index (χ0n) is 15.4. The molecule has 0 saturated heterocycles. The molecule has 0 amide bonds. The van der Waals surface area contributed by atoms with Gasteiger partial charge in [0.25, 0.3) is 0 Å². The summed E-state index contributed by atoms with van der Waals surface area (Å²) in [5.41, 5.74) is -2.45. The molecule has 0 aliphatic heterocycles. The number of hydrogen-bond donors (Lipinski definition) is 2. The molecule has 11 heteroatoms. The van der Waals surface area contributed by atoms with Crippen LogP contribution in [0.5, 0.6) is 0 Å². The quantitative estimate of drug-likeness (QED) is 0.508. The molecule has 2 N–H and O–H groups in total. The van der Waals surface area contributed by atoms with Gasteiger partial charge in [0, 0.05) is 30.6 Å². The Balaban J connectivity index is 2.06. The highest BCUT2D eigenvalue weighted by Crippen LogP contribution is 2.40. The van der Waals surface area contributed by atoms with Crippen LogP contribution in [0.1, 0.15) is 18.1 Å². The first kappa shape index (κ1) is 21.3. The van der Waals surface area contributed by atoms with Crippen molar-refractivity contribution in [2.45, 2.75) is 19.3 Å². The third-order valence-corrected chi connectivity index (χ3v) is 3.93. The predicted octanol–water partition coefficient (Wildman–Crippen LogP) is 5.75. The van der Waals surface area contributed by atoms with Crippen LogP contribution in [-0.4, -0.2) is 21.5 Å². The van der Waals surface area contributed by atoms with E-state index in [0.717, 1.165) is 6.07 Å². The molecule has 0 spiro atoms. The number of aromatic nitrogens is 3. The number of benzene rings is 1. The average Bonchev–Trinajstić information content (AvgIpc) is 2.67. The van der Waals surface area contributed by atoms with Gasteiger partial charge in [-0.3, -0.25) is 4.98 Å². The van der Waals surface area contributed by atoms with Crippen LogP contribution in [0.4, 0.5) is 43.8 Å². The Labute approximate surface area is 167 Å². The summed E-state index contributed by atoms with van der Waals surface area (Å²) in [6.07, 6.45) is -6.85. The molecule has 0 atom stereocenters. The van der Waals surface area contributed by atoms with E-state index in [1.165, 1.54) is 12.3 Å². The van der Waals surface area contributed by atoms with E-state index < -0.39 is 29.2 Å². The number of halogens is 6. The molecule has 0 bridgehead atoms. The normalized spacial score (nSPS) is 12.0. The van der Waals surface area contributed by atoms with Gasteiger partial charge in [0.15, 0.2) is 0 Å². The molecular formula is C19H15F6N5. The maximum absolute atomic E-state index is 13.4. The van der Waals surface area contributed by atoms with E-state index >= 15 is 0 Å². The van der Waals surface area contributed by atoms with Gasteiger partial charge < -0.3 is 10.6 Å². The van der Waals surface area contributed by atoms with Gasteiger partial charge in [0.2, 0.25) is 5.95 Å². The molecule has 2 aromatic heterocycles. The topological polar surface area (TPSA) is 62.7 Å². The molecule has 0 unspecified atom stereocenters. The third-order valence-electron chi connectivity index (χ3n) is 3.93. The fraction of sp³-hybridized carbons (Fsp3) is 0.211. The molecule has 1 aromatic carbocycles. The number of anilines is 3. The minimum Gasteiger partial charge on any atom is -0.354 e. The number of alkyl halides is 6. The number of nitrogens with one attached hydrogen (secondary N) is 2. The molecule has 5 nitrogen and oxygen atoms in total. The van der Waals surface area contributed by atoms with Crippen LogP contribution < -0.4 is 10.6 Å². The predicted molar refractivity (Wildman–Crippen MR) is 99.2 cm³/mol. The third kappa shape index (κ3) is 4.97. The van der Waals surface area contributed by atoms with Crippen LogP contribution >= 0.6 is 0 Å². The Hall–Kier alpha value is -3.37. The van der Waals surface area contributed by atoms with Crippen molar-refractivity contribution in [3.8, 4) is 11.3 Å². The van der Waals surface area contributed by atoms with Gasteiger partial charge in [0.05, 0.1) is 22.5 Å². The van der Waals surface area contributed by atoms with Crippen LogP contribution in [0.15, 0.2) is 48.8 Å². The second kappa shape index (κ2) is 8.17. The van der Waals surface area contributed by atoms with E-state index in [0.29, 0.717) is 23.9 Å². The van der Waals surface area contributed by atoms with Crippen molar-refractivity contribution >= 4 is 17.5 Å². The second-order valence-electron chi connectivity index (χ2n) is 6.11. The minimum absolute atomic E-state index is 0.0231. The van der Waals surface area contributed by atoms with Gasteiger partial charge in [0.1, 0.15) is 5.82 Å². The summed E-state index contributed by atoms with van der Waals surface area (Å²) in [5, 5.41) is 5.33. The maximum atomic E-state index is 13.4. The van der Waals surface area contributed by atoms with E-state index in [9.17, 15) is 26.3 Å². The van der Waals surface area contributed by atoms with Crippen LogP contribution in [0.2, 0.25) is 0 Å². The Kier molecular flexibility index (Phi) is 5.81. The van der Waals surface area contributed by atoms with Crippen molar-refractivity contribution < 1.29 is 26.3 Å². The van der Waals surface area contributed by atoms with Crippen molar-refractivity contribution in [1.29, 1.82) is 0 Å². The highest BCUT2D eigenvalue weighted by atomic mass is 19.4. The zero-order valence-corrected chi connectivity index (χ0v) is 15.4. The molecule has 0 aliphatic carbocycles. The molecule has 0 saturated carbocycles. The maximum Gasteiger partial charge on any atom is 0.418 e. The molecule has 2 heterocycles. The van der Waals surface area contributed by atoms with Gasteiger partial charge in [-0.2, -0.15) is 31.3 Å². The van der Waals surface area contributed by atoms with Crippen molar-refractivity contribution in [3.63, 3.8) is 0 Å². The smallest absolute Gasteiger partial charge is 0.354 e. The summed E-state index contributed by atoms with van der Waals surface area (Å²) >= 11 is 0. The lowest BCUT2D eigenvalue weighted by Gasteiger charge is -2.17. The van der Waals surface area contributed by atoms with Gasteiger partial charge in [-0.1, -0.05) is 0 Å². The molecule has 0 radical (unpaired) electrons. The second-order valence-corrected chi connectivity index (χ2v) is 6.11. The first-order valence-corrected chi connectivity index (χ1v) is 8.66. The lowest BCUT2D eigenvalue weighted by atomic mass is 10.1. The standard InChI is InChI=1S/C19H15F6N5/c1-2-27-17-29-15(11-4-3-7-26-10-11)9-16(30-17)28-14-6-5-12(18(20,21)22)8-13(14)19(23,24)25/h3-10H,2H2,1H3,(H2,27,28,29,30). The van der Waals surface area contributed by atoms with E-state index in [1.54, 1.807) is 25.3 Å². The van der Waals surface area contributed by atoms with Crippen LogP contribution in [0.3, 0.4) is 0 Å².